The van der Waals surface area contributed by atoms with Gasteiger partial charge in [0, 0.05) is 25.9 Å². The zero-order valence-electron chi connectivity index (χ0n) is 9.05. The molecule has 0 saturated heterocycles. The van der Waals surface area contributed by atoms with Gasteiger partial charge in [0.2, 0.25) is 5.91 Å². The van der Waals surface area contributed by atoms with Crippen LogP contribution in [0.2, 0.25) is 0 Å². The van der Waals surface area contributed by atoms with E-state index in [1.807, 2.05) is 13.8 Å². The van der Waals surface area contributed by atoms with Crippen molar-refractivity contribution < 1.29 is 9.59 Å². The summed E-state index contributed by atoms with van der Waals surface area (Å²) in [7, 11) is 0. The number of carbonyl (C=O) groups is 2. The number of alkyl halides is 1. The molecule has 0 spiro atoms. The minimum Gasteiger partial charge on any atom is -0.341 e. The Balaban J connectivity index is 3.84. The molecule has 0 radical (unpaired) electrons. The first-order valence-electron chi connectivity index (χ1n) is 4.84. The third kappa shape index (κ3) is 5.37. The Labute approximate surface area is 94.0 Å². The molecule has 4 heteroatoms. The van der Waals surface area contributed by atoms with Crippen molar-refractivity contribution in [2.24, 2.45) is 0 Å². The molecule has 0 N–H and O–H groups in total. The van der Waals surface area contributed by atoms with Crippen molar-refractivity contribution in [3.8, 4) is 0 Å². The lowest BCUT2D eigenvalue weighted by molar-refractivity contribution is -0.131. The molecule has 0 aromatic rings. The first-order valence-corrected chi connectivity index (χ1v) is 5.96. The summed E-state index contributed by atoms with van der Waals surface area (Å²) in [5.41, 5.74) is 0. The van der Waals surface area contributed by atoms with Crippen molar-refractivity contribution in [1.82, 2.24) is 4.90 Å². The Kier molecular flexibility index (Phi) is 6.79. The lowest BCUT2D eigenvalue weighted by atomic mass is 10.2. The van der Waals surface area contributed by atoms with E-state index in [1.165, 1.54) is 0 Å². The van der Waals surface area contributed by atoms with Gasteiger partial charge in [0.05, 0.1) is 5.33 Å². The smallest absolute Gasteiger partial charge is 0.219 e. The molecule has 82 valence electrons. The molecule has 0 aliphatic heterocycles. The molecule has 3 nitrogen and oxygen atoms in total. The minimum absolute atomic E-state index is 0.0753. The Morgan fingerprint density at radius 2 is 1.93 bits per heavy atom. The first kappa shape index (κ1) is 13.6. The third-order valence-electron chi connectivity index (χ3n) is 2.03. The largest absolute Gasteiger partial charge is 0.341 e. The molecule has 0 aromatic heterocycles. The highest BCUT2D eigenvalue weighted by Gasteiger charge is 2.12. The van der Waals surface area contributed by atoms with E-state index in [-0.39, 0.29) is 17.7 Å². The van der Waals surface area contributed by atoms with Gasteiger partial charge >= 0.3 is 0 Å². The molecule has 0 fully saturated rings. The van der Waals surface area contributed by atoms with E-state index in [0.717, 1.165) is 6.42 Å². The SMILES string of the molecule is CC(=O)N(CCCC(=O)CBr)C(C)C. The standard InChI is InChI=1S/C10H18BrNO2/c1-8(2)12(9(3)13)6-4-5-10(14)7-11/h8H,4-7H2,1-3H3. The van der Waals surface area contributed by atoms with Crippen LogP contribution in [-0.2, 0) is 9.59 Å². The van der Waals surface area contributed by atoms with E-state index < -0.39 is 0 Å². The fraction of sp³-hybridized carbons (Fsp3) is 0.800. The molecule has 0 aliphatic rings. The number of carbonyl (C=O) groups excluding carboxylic acids is 2. The van der Waals surface area contributed by atoms with Gasteiger partial charge in [0.25, 0.3) is 0 Å². The second kappa shape index (κ2) is 6.98. The van der Waals surface area contributed by atoms with Crippen LogP contribution < -0.4 is 0 Å². The summed E-state index contributed by atoms with van der Waals surface area (Å²) in [6, 6.07) is 0.214. The van der Waals surface area contributed by atoms with E-state index in [1.54, 1.807) is 11.8 Å². The van der Waals surface area contributed by atoms with Gasteiger partial charge in [-0.25, -0.2) is 0 Å². The van der Waals surface area contributed by atoms with Gasteiger partial charge < -0.3 is 4.90 Å². The quantitative estimate of drug-likeness (QED) is 0.688. The van der Waals surface area contributed by atoms with Crippen LogP contribution in [0.25, 0.3) is 0 Å². The minimum atomic E-state index is 0.0753. The molecule has 0 aromatic carbocycles. The van der Waals surface area contributed by atoms with E-state index >= 15 is 0 Å². The van der Waals surface area contributed by atoms with Crippen molar-refractivity contribution in [2.45, 2.75) is 39.7 Å². The van der Waals surface area contributed by atoms with Gasteiger partial charge in [-0.15, -0.1) is 0 Å². The molecule has 0 saturated carbocycles. The van der Waals surface area contributed by atoms with Crippen LogP contribution in [0.1, 0.15) is 33.6 Å². The van der Waals surface area contributed by atoms with Gasteiger partial charge in [-0.2, -0.15) is 0 Å². The fourth-order valence-corrected chi connectivity index (χ4v) is 1.57. The summed E-state index contributed by atoms with van der Waals surface area (Å²) in [5, 5.41) is 0.411. The van der Waals surface area contributed by atoms with E-state index in [4.69, 9.17) is 0 Å². The predicted molar refractivity (Wildman–Crippen MR) is 60.6 cm³/mol. The number of hydrogen-bond donors (Lipinski definition) is 0. The molecule has 0 aliphatic carbocycles. The Morgan fingerprint density at radius 3 is 2.29 bits per heavy atom. The Hall–Kier alpha value is -0.380. The van der Waals surface area contributed by atoms with Gasteiger partial charge in [0.15, 0.2) is 0 Å². The number of Topliss-reactive ketones (excluding diaryl/α,β-unsaturated/α-hetero) is 1. The van der Waals surface area contributed by atoms with Crippen molar-refractivity contribution in [3.05, 3.63) is 0 Å². The molecule has 0 heterocycles. The maximum absolute atomic E-state index is 11.2. The van der Waals surface area contributed by atoms with Gasteiger partial charge in [0.1, 0.15) is 5.78 Å². The molecule has 1 amide bonds. The van der Waals surface area contributed by atoms with Crippen LogP contribution in [0.4, 0.5) is 0 Å². The van der Waals surface area contributed by atoms with Crippen LogP contribution in [0.15, 0.2) is 0 Å². The Morgan fingerprint density at radius 1 is 1.36 bits per heavy atom. The van der Waals surface area contributed by atoms with Crippen LogP contribution in [0.3, 0.4) is 0 Å². The molecule has 0 bridgehead atoms. The lowest BCUT2D eigenvalue weighted by Gasteiger charge is -2.25. The maximum atomic E-state index is 11.2. The number of ketones is 1. The monoisotopic (exact) mass is 263 g/mol. The topological polar surface area (TPSA) is 37.4 Å². The zero-order chi connectivity index (χ0) is 11.1. The molecule has 0 atom stereocenters. The summed E-state index contributed by atoms with van der Waals surface area (Å²) in [5.74, 6) is 0.267. The summed E-state index contributed by atoms with van der Waals surface area (Å²) in [6.07, 6.45) is 1.30. The number of halogens is 1. The van der Waals surface area contributed by atoms with Crippen LogP contribution >= 0.6 is 15.9 Å². The summed E-state index contributed by atoms with van der Waals surface area (Å²) in [6.45, 7) is 6.19. The maximum Gasteiger partial charge on any atom is 0.219 e. The van der Waals surface area contributed by atoms with E-state index in [9.17, 15) is 9.59 Å². The number of nitrogens with zero attached hydrogens (tertiary/aromatic N) is 1. The van der Waals surface area contributed by atoms with Crippen LogP contribution in [0, 0.1) is 0 Å². The highest BCUT2D eigenvalue weighted by Crippen LogP contribution is 2.03. The second-order valence-corrected chi connectivity index (χ2v) is 4.14. The summed E-state index contributed by atoms with van der Waals surface area (Å²) < 4.78 is 0. The molecule has 0 unspecified atom stereocenters. The second-order valence-electron chi connectivity index (χ2n) is 3.58. The molecule has 14 heavy (non-hydrogen) atoms. The summed E-state index contributed by atoms with van der Waals surface area (Å²) >= 11 is 3.11. The van der Waals surface area contributed by atoms with Crippen molar-refractivity contribution >= 4 is 27.6 Å². The first-order chi connectivity index (χ1) is 6.49. The highest BCUT2D eigenvalue weighted by atomic mass is 79.9. The highest BCUT2D eigenvalue weighted by molar-refractivity contribution is 9.09. The molecular weight excluding hydrogens is 246 g/mol. The number of amides is 1. The van der Waals surface area contributed by atoms with Gasteiger partial charge in [-0.1, -0.05) is 15.9 Å². The van der Waals surface area contributed by atoms with Crippen LogP contribution in [-0.4, -0.2) is 34.5 Å². The normalized spacial score (nSPS) is 10.4. The van der Waals surface area contributed by atoms with E-state index in [0.29, 0.717) is 18.3 Å². The fourth-order valence-electron chi connectivity index (χ4n) is 1.29. The van der Waals surface area contributed by atoms with Gasteiger partial charge in [-0.3, -0.25) is 9.59 Å². The lowest BCUT2D eigenvalue weighted by Crippen LogP contribution is -2.36. The van der Waals surface area contributed by atoms with E-state index in [2.05, 4.69) is 15.9 Å². The van der Waals surface area contributed by atoms with Crippen LogP contribution in [0.5, 0.6) is 0 Å². The molecular formula is C10H18BrNO2. The Bertz CT molecular complexity index is 204. The average Bonchev–Trinajstić information content (AvgIpc) is 2.10. The van der Waals surface area contributed by atoms with Crippen molar-refractivity contribution in [1.29, 1.82) is 0 Å². The van der Waals surface area contributed by atoms with Crippen molar-refractivity contribution in [2.75, 3.05) is 11.9 Å². The van der Waals surface area contributed by atoms with Crippen molar-refractivity contribution in [3.63, 3.8) is 0 Å². The number of hydrogen-bond acceptors (Lipinski definition) is 2. The number of rotatable bonds is 6. The third-order valence-corrected chi connectivity index (χ3v) is 2.66. The summed E-state index contributed by atoms with van der Waals surface area (Å²) in [4.78, 5) is 23.9. The molecule has 0 rings (SSSR count). The predicted octanol–water partition coefficient (Wildman–Crippen LogP) is 1.99. The zero-order valence-corrected chi connectivity index (χ0v) is 10.6. The van der Waals surface area contributed by atoms with Gasteiger partial charge in [-0.05, 0) is 20.3 Å². The average molecular weight is 264 g/mol.